The molecule has 4 fully saturated rings. The standard InChI is InChI=1S/C24H31ClN4O4.C21H30N4O3.C17H21ClN2O3.C17H21ClN2O2.C16H21ClN2O2/c1-15(2)26-24-28-19(14-32-24)18-13-21(33-16(3)4)17-5-6-20(22(25)23(17)27-18)31-12-9-29-7-10-30-11-8-29;1-14(2)22-20-8-9-25(24-20)21-13-19(28-15(3)4)17-7-6-16(12-18(17)23-21)27-11-10-26-5;1-11(2)23-15-8-16(22-7-6-20-9-12(21)10-20)19-17-13(15)4-3-5-14(17)18;1-12(2)22-15-11-16(21-10-9-20-7-4-8-20)19-17-13(15)5-3-6-14(17)18;1-11(2)21-14-10-15(20-9-8-19(3)4)18-16-12(14)6-5-7-13(16)17/h5-6,13-16H,7-12H2,1-4H3,(H,26,28);6-7,12-15H,8-11H2,1-5H3,(H,22,24);3-5,8,11-12,21H,6-7,9-10H2,1-2H3;3,5-6,11-12H,4,7-10H2,1-2H3;5-7,10-11H,8-9H2,1-4H3. The van der Waals surface area contributed by atoms with Gasteiger partial charge >= 0.3 is 0 Å². The van der Waals surface area contributed by atoms with Crippen molar-refractivity contribution in [1.82, 2.24) is 54.9 Å². The minimum absolute atomic E-state index is 0.0119. The Hall–Kier alpha value is -9.69. The van der Waals surface area contributed by atoms with Gasteiger partial charge in [-0.3, -0.25) is 30.1 Å². The van der Waals surface area contributed by atoms with Crippen LogP contribution in [-0.4, -0.2) is 255 Å². The number of oxazole rings is 1. The number of amidine groups is 1. The predicted octanol–water partition coefficient (Wildman–Crippen LogP) is 18.5. The molecule has 32 heteroatoms. The fourth-order valence-corrected chi connectivity index (χ4v) is 14.6. The van der Waals surface area contributed by atoms with E-state index in [9.17, 15) is 5.11 Å². The third-order valence-corrected chi connectivity index (χ3v) is 20.9. The highest BCUT2D eigenvalue weighted by Crippen LogP contribution is 2.41. The van der Waals surface area contributed by atoms with Gasteiger partial charge in [0.05, 0.1) is 105 Å². The molecule has 0 bridgehead atoms. The van der Waals surface area contributed by atoms with Crippen molar-refractivity contribution < 1.29 is 66.4 Å². The Balaban J connectivity index is 0.000000156. The summed E-state index contributed by atoms with van der Waals surface area (Å²) in [6.07, 6.45) is 3.81. The molecule has 6 aromatic heterocycles. The summed E-state index contributed by atoms with van der Waals surface area (Å²) in [5.74, 6) is 8.50. The third-order valence-electron chi connectivity index (χ3n) is 19.6. The molecule has 28 nitrogen and oxygen atoms in total. The molecule has 15 rings (SSSR count). The number of methoxy groups -OCH3 is 1. The highest BCUT2D eigenvalue weighted by Gasteiger charge is 2.27. The van der Waals surface area contributed by atoms with Crippen molar-refractivity contribution in [2.75, 3.05) is 156 Å². The van der Waals surface area contributed by atoms with Crippen molar-refractivity contribution in [3.63, 3.8) is 0 Å². The number of hydrogen-bond acceptors (Lipinski definition) is 27. The Bertz CT molecular complexity index is 5380. The summed E-state index contributed by atoms with van der Waals surface area (Å²) >= 11 is 25.5. The molecule has 3 N–H and O–H groups in total. The lowest BCUT2D eigenvalue weighted by atomic mass is 10.1. The minimum Gasteiger partial charge on any atom is -0.491 e. The average molecular weight is 1830 g/mol. The molecule has 0 atom stereocenters. The van der Waals surface area contributed by atoms with Crippen LogP contribution in [0.4, 0.5) is 11.8 Å². The van der Waals surface area contributed by atoms with Crippen LogP contribution in [0.25, 0.3) is 65.9 Å². The van der Waals surface area contributed by atoms with Crippen LogP contribution in [0.3, 0.4) is 0 Å². The summed E-state index contributed by atoms with van der Waals surface area (Å²) < 4.78 is 74.8. The van der Waals surface area contributed by atoms with Crippen LogP contribution >= 0.6 is 46.4 Å². The van der Waals surface area contributed by atoms with Crippen LogP contribution in [-0.2, 0) is 9.47 Å². The second kappa shape index (κ2) is 48.1. The number of benzene rings is 5. The lowest BCUT2D eigenvalue weighted by Crippen LogP contribution is -2.51. The molecule has 11 aromatic rings. The number of aliphatic imine (C=N–C) groups is 1. The zero-order valence-corrected chi connectivity index (χ0v) is 79.2. The first kappa shape index (κ1) is 97.9. The van der Waals surface area contributed by atoms with Crippen molar-refractivity contribution >= 4 is 119 Å². The van der Waals surface area contributed by atoms with Gasteiger partial charge in [-0.25, -0.2) is 24.9 Å². The van der Waals surface area contributed by atoms with Gasteiger partial charge in [-0.2, -0.15) is 4.98 Å². The molecular formula is C95H124Cl4N14O14. The maximum absolute atomic E-state index is 9.28. The van der Waals surface area contributed by atoms with E-state index in [4.69, 9.17) is 118 Å². The smallest absolute Gasteiger partial charge is 0.295 e. The molecule has 4 aliphatic rings. The van der Waals surface area contributed by atoms with Crippen LogP contribution in [0, 0.1) is 0 Å². The van der Waals surface area contributed by atoms with Crippen LogP contribution in [0.2, 0.25) is 20.1 Å². The Kier molecular flexibility index (Phi) is 37.1. The third kappa shape index (κ3) is 29.4. The number of likely N-dealkylation sites (tertiary alicyclic amines) is 2. The Morgan fingerprint density at radius 2 is 0.976 bits per heavy atom. The number of rotatable bonds is 35. The van der Waals surface area contributed by atoms with Crippen LogP contribution in [0.1, 0.15) is 110 Å². The van der Waals surface area contributed by atoms with Crippen molar-refractivity contribution in [3.8, 4) is 69.3 Å². The van der Waals surface area contributed by atoms with Crippen molar-refractivity contribution in [2.45, 2.75) is 158 Å². The minimum atomic E-state index is -0.196. The molecule has 127 heavy (non-hydrogen) atoms. The highest BCUT2D eigenvalue weighted by molar-refractivity contribution is 6.37. The number of hydrogen-bond donors (Lipinski definition) is 3. The van der Waals surface area contributed by atoms with E-state index in [0.29, 0.717) is 136 Å². The number of aliphatic hydroxyl groups excluding tert-OH is 1. The van der Waals surface area contributed by atoms with Gasteiger partial charge in [0.15, 0.2) is 5.82 Å². The SMILES string of the molecule is CC(C)Nc1nc(-c2cc(OC(C)C)c3ccc(OCCN4CCOCC4)c(Cl)c3n2)co1.CC(C)Oc1cc(OCCN(C)C)nc2c(Cl)cccc12.CC(C)Oc1cc(OCCN2CC(O)C2)nc2c(Cl)cccc12.CC(C)Oc1cc(OCCN2CCC2)nc2c(Cl)cccc12.COCCOc1ccc2c(OC(C)C)cc(N3CCC(=NC(C)C)N3)nc2c1. The second-order valence-corrected chi connectivity index (χ2v) is 34.8. The van der Waals surface area contributed by atoms with E-state index >= 15 is 0 Å². The van der Waals surface area contributed by atoms with Crippen molar-refractivity contribution in [1.29, 1.82) is 0 Å². The number of ether oxygens (including phenoxy) is 12. The Labute approximate surface area is 766 Å². The van der Waals surface area contributed by atoms with E-state index in [1.54, 1.807) is 19.4 Å². The van der Waals surface area contributed by atoms with Gasteiger partial charge in [0.25, 0.3) is 6.01 Å². The largest absolute Gasteiger partial charge is 0.491 e. The summed E-state index contributed by atoms with van der Waals surface area (Å²) in [7, 11) is 5.66. The molecule has 0 amide bonds. The molecule has 4 aliphatic heterocycles. The van der Waals surface area contributed by atoms with E-state index in [-0.39, 0.29) is 48.7 Å². The van der Waals surface area contributed by atoms with Crippen LogP contribution in [0.5, 0.6) is 57.9 Å². The fourth-order valence-electron chi connectivity index (χ4n) is 13.6. The molecule has 4 saturated heterocycles. The van der Waals surface area contributed by atoms with E-state index < -0.39 is 0 Å². The first-order valence-electron chi connectivity index (χ1n) is 43.7. The average Bonchev–Trinajstić information content (AvgIpc) is 1.76. The molecule has 0 spiro atoms. The molecular weight excluding hydrogens is 1700 g/mol. The molecule has 0 radical (unpaired) electrons. The fraction of sp³-hybridized carbons (Fsp3) is 0.484. The predicted molar refractivity (Wildman–Crippen MR) is 508 cm³/mol. The van der Waals surface area contributed by atoms with Gasteiger partial charge < -0.3 is 76.6 Å². The van der Waals surface area contributed by atoms with Crippen molar-refractivity contribution in [3.05, 3.63) is 142 Å². The number of anilines is 2. The summed E-state index contributed by atoms with van der Waals surface area (Å²) in [4.78, 5) is 41.1. The van der Waals surface area contributed by atoms with Crippen LogP contribution in [0.15, 0.2) is 131 Å². The van der Waals surface area contributed by atoms with Gasteiger partial charge in [0.1, 0.15) is 96.1 Å². The number of β-amino-alcohol motifs (C(OH)–C–C–N with tert-alkyl or cyclic N) is 1. The highest BCUT2D eigenvalue weighted by atomic mass is 35.5. The van der Waals surface area contributed by atoms with Gasteiger partial charge in [-0.1, -0.05) is 64.6 Å². The Morgan fingerprint density at radius 1 is 0.488 bits per heavy atom. The van der Waals surface area contributed by atoms with Crippen LogP contribution < -0.4 is 63.1 Å². The van der Waals surface area contributed by atoms with Gasteiger partial charge in [0, 0.05) is 148 Å². The maximum atomic E-state index is 9.28. The monoisotopic (exact) mass is 1820 g/mol. The number of halogens is 4. The molecule has 686 valence electrons. The van der Waals surface area contributed by atoms with E-state index in [1.165, 1.54) is 19.5 Å². The van der Waals surface area contributed by atoms with E-state index in [2.05, 4.69) is 69.1 Å². The summed E-state index contributed by atoms with van der Waals surface area (Å²) in [6, 6.07) is 37.0. The quantitative estimate of drug-likeness (QED) is 0.0311. The summed E-state index contributed by atoms with van der Waals surface area (Å²) in [5, 5.41) is 21.2. The molecule has 0 saturated carbocycles. The number of fused-ring (bicyclic) bond motifs is 5. The number of hydrazine groups is 1. The second-order valence-electron chi connectivity index (χ2n) is 33.2. The topological polar surface area (TPSA) is 274 Å². The van der Waals surface area contributed by atoms with E-state index in [0.717, 1.165) is 144 Å². The van der Waals surface area contributed by atoms with Gasteiger partial charge in [-0.05, 0) is 191 Å². The number of para-hydroxylation sites is 3. The number of nitrogens with zero attached hydrogens (tertiary/aromatic N) is 12. The lowest BCUT2D eigenvalue weighted by Gasteiger charge is -2.35. The maximum Gasteiger partial charge on any atom is 0.295 e. The first-order valence-corrected chi connectivity index (χ1v) is 45.2. The van der Waals surface area contributed by atoms with E-state index in [1.807, 2.05) is 211 Å². The molecule has 0 aliphatic carbocycles. The number of aliphatic hydroxyl groups is 1. The summed E-state index contributed by atoms with van der Waals surface area (Å²) in [5.41, 5.74) is 8.13. The zero-order chi connectivity index (χ0) is 90.8. The van der Waals surface area contributed by atoms with Gasteiger partial charge in [0.2, 0.25) is 17.6 Å². The number of morpholine rings is 1. The number of nitrogens with one attached hydrogen (secondary N) is 2. The molecule has 5 aromatic carbocycles. The Morgan fingerprint density at radius 3 is 1.46 bits per heavy atom. The zero-order valence-electron chi connectivity index (χ0n) is 76.1. The number of likely N-dealkylation sites (N-methyl/N-ethyl adjacent to an activating group) is 1. The normalized spacial score (nSPS) is 14.7. The van der Waals surface area contributed by atoms with Gasteiger partial charge in [-0.15, -0.1) is 0 Å². The summed E-state index contributed by atoms with van der Waals surface area (Å²) in [6.45, 7) is 42.7. The number of aromatic nitrogens is 6. The molecule has 10 heterocycles. The van der Waals surface area contributed by atoms with Crippen molar-refractivity contribution in [2.24, 2.45) is 4.99 Å². The molecule has 0 unspecified atom stereocenters. The first-order chi connectivity index (χ1) is 61.0. The lowest BCUT2D eigenvalue weighted by molar-refractivity contribution is -0.00412. The number of pyridine rings is 5.